The topological polar surface area (TPSA) is 74.1 Å². The molecule has 2 aliphatic heterocycles. The number of amidine groups is 1. The monoisotopic (exact) mass is 486 g/mol. The first-order chi connectivity index (χ1) is 17.0. The van der Waals surface area contributed by atoms with E-state index in [1.54, 1.807) is 17.1 Å². The molecule has 8 heteroatoms. The van der Waals surface area contributed by atoms with E-state index in [9.17, 15) is 14.0 Å². The molecule has 2 aliphatic rings. The lowest BCUT2D eigenvalue weighted by Gasteiger charge is -2.23. The zero-order valence-corrected chi connectivity index (χ0v) is 19.8. The predicted octanol–water partition coefficient (Wildman–Crippen LogP) is 5.31. The summed E-state index contributed by atoms with van der Waals surface area (Å²) in [7, 11) is 0. The lowest BCUT2D eigenvalue weighted by molar-refractivity contribution is -0.121. The highest BCUT2D eigenvalue weighted by Gasteiger charge is 2.39. The molecule has 2 atom stereocenters. The maximum Gasteiger partial charge on any atom is 0.262 e. The van der Waals surface area contributed by atoms with Gasteiger partial charge in [0, 0.05) is 12.8 Å². The second kappa shape index (κ2) is 9.84. The minimum atomic E-state index is -0.688. The number of amides is 2. The minimum Gasteiger partial charge on any atom is -0.324 e. The first-order valence-corrected chi connectivity index (χ1v) is 12.2. The fourth-order valence-corrected chi connectivity index (χ4v) is 5.14. The van der Waals surface area contributed by atoms with Gasteiger partial charge in [-0.3, -0.25) is 9.59 Å². The van der Waals surface area contributed by atoms with Crippen LogP contribution in [0.25, 0.3) is 0 Å². The van der Waals surface area contributed by atoms with Crippen molar-refractivity contribution in [1.29, 1.82) is 0 Å². The molecule has 2 heterocycles. The molecule has 0 bridgehead atoms. The molecule has 0 aromatic heterocycles. The smallest absolute Gasteiger partial charge is 0.262 e. The van der Waals surface area contributed by atoms with Crippen molar-refractivity contribution in [3.63, 3.8) is 0 Å². The molecule has 3 aromatic rings. The van der Waals surface area contributed by atoms with E-state index in [4.69, 9.17) is 5.10 Å². The van der Waals surface area contributed by atoms with Crippen LogP contribution in [0.5, 0.6) is 0 Å². The summed E-state index contributed by atoms with van der Waals surface area (Å²) in [6.45, 7) is 2.04. The minimum absolute atomic E-state index is 0.0881. The summed E-state index contributed by atoms with van der Waals surface area (Å²) in [5.41, 5.74) is 4.26. The van der Waals surface area contributed by atoms with Crippen molar-refractivity contribution in [2.45, 2.75) is 31.1 Å². The van der Waals surface area contributed by atoms with Crippen LogP contribution in [0, 0.1) is 12.7 Å². The van der Waals surface area contributed by atoms with E-state index >= 15 is 0 Å². The van der Waals surface area contributed by atoms with Crippen LogP contribution in [-0.2, 0) is 9.59 Å². The Kier molecular flexibility index (Phi) is 6.46. The number of benzene rings is 3. The Morgan fingerprint density at radius 2 is 1.77 bits per heavy atom. The molecule has 0 fully saturated rings. The Balaban J connectivity index is 1.35. The molecule has 176 valence electrons. The molecule has 1 N–H and O–H groups in total. The van der Waals surface area contributed by atoms with Crippen molar-refractivity contribution in [1.82, 2.24) is 5.01 Å². The van der Waals surface area contributed by atoms with E-state index in [2.05, 4.69) is 10.3 Å². The number of aryl methyl sites for hydroxylation is 1. The summed E-state index contributed by atoms with van der Waals surface area (Å²) in [5, 5.41) is 8.96. The lowest BCUT2D eigenvalue weighted by atomic mass is 9.98. The van der Waals surface area contributed by atoms with E-state index in [0.717, 1.165) is 16.8 Å². The van der Waals surface area contributed by atoms with Crippen molar-refractivity contribution < 1.29 is 14.0 Å². The first-order valence-electron chi connectivity index (χ1n) is 11.3. The van der Waals surface area contributed by atoms with E-state index in [1.165, 1.54) is 29.5 Å². The van der Waals surface area contributed by atoms with Crippen LogP contribution in [0.4, 0.5) is 10.1 Å². The van der Waals surface area contributed by atoms with Crippen molar-refractivity contribution in [2.24, 2.45) is 10.1 Å². The number of carbonyl (C=O) groups is 2. The molecule has 2 amide bonds. The fraction of sp³-hybridized carbons (Fsp3) is 0.185. The predicted molar refractivity (Wildman–Crippen MR) is 137 cm³/mol. The van der Waals surface area contributed by atoms with Crippen molar-refractivity contribution in [3.8, 4) is 0 Å². The maximum absolute atomic E-state index is 13.9. The highest BCUT2D eigenvalue weighted by Crippen LogP contribution is 2.38. The van der Waals surface area contributed by atoms with Crippen LogP contribution in [0.3, 0.4) is 0 Å². The summed E-state index contributed by atoms with van der Waals surface area (Å²) in [5.74, 6) is -1.36. The number of hydrogen-bond acceptors (Lipinski definition) is 5. The van der Waals surface area contributed by atoms with E-state index in [0.29, 0.717) is 11.6 Å². The van der Waals surface area contributed by atoms with Crippen LogP contribution in [0.1, 0.15) is 35.6 Å². The van der Waals surface area contributed by atoms with E-state index in [1.807, 2.05) is 61.5 Å². The number of para-hydroxylation sites is 1. The molecule has 0 radical (unpaired) electrons. The van der Waals surface area contributed by atoms with Crippen LogP contribution in [0.15, 0.2) is 89.0 Å². The standard InChI is InChI=1S/C27H23FN4O2S/c1-17-11-13-18(14-12-17)22-15-23(19-7-3-2-4-8-19)32(31-22)27-30-26(34)24(35-27)16-25(33)29-21-10-6-5-9-20(21)28/h2-14,23-24H,15-16H2,1H3,(H,29,33)/t23-,24-/m0/s1. The SMILES string of the molecule is Cc1ccc(C2=NN(C3=NC(=O)[C@H](CC(=O)Nc4ccccc4F)S3)[C@H](c3ccccc3)C2)cc1. The Morgan fingerprint density at radius 3 is 2.51 bits per heavy atom. The Morgan fingerprint density at radius 1 is 1.06 bits per heavy atom. The van der Waals surface area contributed by atoms with Gasteiger partial charge in [0.1, 0.15) is 11.1 Å². The molecule has 0 aliphatic carbocycles. The number of nitrogens with zero attached hydrogens (tertiary/aromatic N) is 3. The average Bonchev–Trinajstić information content (AvgIpc) is 3.46. The molecular weight excluding hydrogens is 463 g/mol. The molecular formula is C27H23FN4O2S. The highest BCUT2D eigenvalue weighted by molar-refractivity contribution is 8.15. The van der Waals surface area contributed by atoms with Crippen molar-refractivity contribution >= 4 is 40.1 Å². The Labute approximate surface area is 207 Å². The van der Waals surface area contributed by atoms with Gasteiger partial charge < -0.3 is 5.32 Å². The van der Waals surface area contributed by atoms with Gasteiger partial charge >= 0.3 is 0 Å². The zero-order valence-electron chi connectivity index (χ0n) is 19.0. The second-order valence-corrected chi connectivity index (χ2v) is 9.63. The van der Waals surface area contributed by atoms with Gasteiger partial charge in [-0.1, -0.05) is 84.1 Å². The molecule has 0 spiro atoms. The molecule has 6 nitrogen and oxygen atoms in total. The normalized spacial score (nSPS) is 19.5. The third-order valence-electron chi connectivity index (χ3n) is 5.92. The van der Waals surface area contributed by atoms with Crippen LogP contribution < -0.4 is 5.32 Å². The van der Waals surface area contributed by atoms with Crippen LogP contribution >= 0.6 is 11.8 Å². The van der Waals surface area contributed by atoms with Gasteiger partial charge in [-0.05, 0) is 30.2 Å². The van der Waals surface area contributed by atoms with Crippen LogP contribution in [-0.4, -0.2) is 33.0 Å². The number of halogens is 1. The van der Waals surface area contributed by atoms with Crippen molar-refractivity contribution in [3.05, 3.63) is 101 Å². The quantitative estimate of drug-likeness (QED) is 0.530. The second-order valence-electron chi connectivity index (χ2n) is 8.46. The highest BCUT2D eigenvalue weighted by atomic mass is 32.2. The molecule has 5 rings (SSSR count). The molecule has 0 saturated carbocycles. The first kappa shape index (κ1) is 23.0. The van der Waals surface area contributed by atoms with Gasteiger partial charge in [0.2, 0.25) is 5.91 Å². The number of rotatable bonds is 5. The Bertz CT molecular complexity index is 1320. The van der Waals surface area contributed by atoms with Gasteiger partial charge in [-0.2, -0.15) is 10.1 Å². The Hall–Kier alpha value is -3.78. The maximum atomic E-state index is 13.9. The van der Waals surface area contributed by atoms with Gasteiger partial charge in [0.25, 0.3) is 5.91 Å². The van der Waals surface area contributed by atoms with E-state index < -0.39 is 17.0 Å². The van der Waals surface area contributed by atoms with Crippen molar-refractivity contribution in [2.75, 3.05) is 5.32 Å². The average molecular weight is 487 g/mol. The molecule has 3 aromatic carbocycles. The third-order valence-corrected chi connectivity index (χ3v) is 7.07. The zero-order chi connectivity index (χ0) is 24.4. The lowest BCUT2D eigenvalue weighted by Crippen LogP contribution is -2.25. The fourth-order valence-electron chi connectivity index (χ4n) is 4.08. The number of anilines is 1. The van der Waals surface area contributed by atoms with Gasteiger partial charge in [-0.15, -0.1) is 0 Å². The van der Waals surface area contributed by atoms with Gasteiger partial charge in [0.15, 0.2) is 5.17 Å². The molecule has 0 unspecified atom stereocenters. The summed E-state index contributed by atoms with van der Waals surface area (Å²) in [4.78, 5) is 29.5. The number of hydrogen-bond donors (Lipinski definition) is 1. The third kappa shape index (κ3) is 5.02. The summed E-state index contributed by atoms with van der Waals surface area (Å²) in [6, 6.07) is 24.0. The number of nitrogens with one attached hydrogen (secondary N) is 1. The van der Waals surface area contributed by atoms with Gasteiger partial charge in [0.05, 0.1) is 17.4 Å². The summed E-state index contributed by atoms with van der Waals surface area (Å²) in [6.07, 6.45) is 0.558. The number of aliphatic imine (C=N–C) groups is 1. The molecule has 35 heavy (non-hydrogen) atoms. The number of carbonyl (C=O) groups excluding carboxylic acids is 2. The largest absolute Gasteiger partial charge is 0.324 e. The van der Waals surface area contributed by atoms with Gasteiger partial charge in [-0.25, -0.2) is 9.40 Å². The molecule has 0 saturated heterocycles. The summed E-state index contributed by atoms with van der Waals surface area (Å²) < 4.78 is 13.9. The number of hydrazone groups is 1. The van der Waals surface area contributed by atoms with Crippen LogP contribution in [0.2, 0.25) is 0 Å². The summed E-state index contributed by atoms with van der Waals surface area (Å²) >= 11 is 1.22. The number of thioether (sulfide) groups is 1. The van der Waals surface area contributed by atoms with E-state index in [-0.39, 0.29) is 24.1 Å².